The average Bonchev–Trinajstić information content (AvgIpc) is 2.96. The van der Waals surface area contributed by atoms with Gasteiger partial charge in [0, 0.05) is 25.0 Å². The Hall–Kier alpha value is -2.89. The molecule has 0 unspecified atom stereocenters. The second-order valence-corrected chi connectivity index (χ2v) is 4.94. The molecule has 0 saturated heterocycles. The third kappa shape index (κ3) is 2.63. The Kier molecular flexibility index (Phi) is 3.74. The van der Waals surface area contributed by atoms with Crippen LogP contribution in [0, 0.1) is 0 Å². The van der Waals surface area contributed by atoms with Gasteiger partial charge in [-0.05, 0) is 25.1 Å². The summed E-state index contributed by atoms with van der Waals surface area (Å²) < 4.78 is 1.96. The Morgan fingerprint density at radius 3 is 2.91 bits per heavy atom. The van der Waals surface area contributed by atoms with Crippen LogP contribution in [-0.2, 0) is 6.54 Å². The van der Waals surface area contributed by atoms with E-state index < -0.39 is 0 Å². The maximum atomic E-state index is 12.5. The number of carbonyl (C=O) groups excluding carboxylic acids is 1. The first-order valence-corrected chi connectivity index (χ1v) is 7.08. The summed E-state index contributed by atoms with van der Waals surface area (Å²) in [6.45, 7) is 2.95. The molecule has 0 saturated carbocycles. The number of rotatable bonds is 4. The van der Waals surface area contributed by atoms with Crippen molar-refractivity contribution in [1.29, 1.82) is 0 Å². The number of fused-ring (bicyclic) bond motifs is 1. The monoisotopic (exact) mass is 296 g/mol. The zero-order valence-electron chi connectivity index (χ0n) is 12.2. The fraction of sp³-hybridized carbons (Fsp3) is 0.188. The molecule has 6 nitrogen and oxygen atoms in total. The van der Waals surface area contributed by atoms with Crippen molar-refractivity contribution >= 4 is 11.6 Å². The predicted octanol–water partition coefficient (Wildman–Crippen LogP) is 1.68. The van der Waals surface area contributed by atoms with Gasteiger partial charge in [0.25, 0.3) is 5.91 Å². The summed E-state index contributed by atoms with van der Waals surface area (Å²) in [4.78, 5) is 32.2. The number of carbonyl (C=O) groups is 1. The average molecular weight is 296 g/mol. The molecule has 3 aromatic rings. The molecule has 3 aromatic heterocycles. The molecule has 22 heavy (non-hydrogen) atoms. The van der Waals surface area contributed by atoms with Crippen LogP contribution in [0.5, 0.6) is 0 Å². The summed E-state index contributed by atoms with van der Waals surface area (Å²) in [5.41, 5.74) is 2.04. The van der Waals surface area contributed by atoms with E-state index in [1.807, 2.05) is 35.7 Å². The van der Waals surface area contributed by atoms with Crippen LogP contribution in [0.3, 0.4) is 0 Å². The quantitative estimate of drug-likeness (QED) is 0.796. The van der Waals surface area contributed by atoms with Gasteiger partial charge in [-0.3, -0.25) is 9.59 Å². The lowest BCUT2D eigenvalue weighted by Gasteiger charge is -2.20. The van der Waals surface area contributed by atoms with Crippen LogP contribution in [0.2, 0.25) is 0 Å². The van der Waals surface area contributed by atoms with Crippen molar-refractivity contribution in [3.8, 4) is 0 Å². The molecule has 0 aliphatic heterocycles. The maximum absolute atomic E-state index is 12.5. The number of amides is 1. The van der Waals surface area contributed by atoms with E-state index in [0.717, 1.165) is 11.3 Å². The Morgan fingerprint density at radius 1 is 1.32 bits per heavy atom. The molecule has 3 heterocycles. The van der Waals surface area contributed by atoms with Gasteiger partial charge in [0.1, 0.15) is 5.65 Å². The lowest BCUT2D eigenvalue weighted by Crippen LogP contribution is -2.31. The lowest BCUT2D eigenvalue weighted by molar-refractivity contribution is 0.0750. The van der Waals surface area contributed by atoms with E-state index >= 15 is 0 Å². The van der Waals surface area contributed by atoms with Gasteiger partial charge in [0.2, 0.25) is 5.56 Å². The number of hydrogen-bond donors (Lipinski definition) is 1. The second-order valence-electron chi connectivity index (χ2n) is 4.94. The molecule has 1 N–H and O–H groups in total. The first-order chi connectivity index (χ1) is 10.7. The van der Waals surface area contributed by atoms with Gasteiger partial charge in [0.05, 0.1) is 24.0 Å². The molecule has 0 aromatic carbocycles. The van der Waals surface area contributed by atoms with E-state index in [2.05, 4.69) is 9.97 Å². The molecular formula is C16H16N4O2. The summed E-state index contributed by atoms with van der Waals surface area (Å²) in [5.74, 6) is -0.121. The van der Waals surface area contributed by atoms with Crippen molar-refractivity contribution in [3.63, 3.8) is 0 Å². The van der Waals surface area contributed by atoms with Crippen LogP contribution in [0.15, 0.2) is 53.7 Å². The Labute approximate surface area is 127 Å². The summed E-state index contributed by atoms with van der Waals surface area (Å²) in [6.07, 6.45) is 5.15. The van der Waals surface area contributed by atoms with Gasteiger partial charge in [-0.1, -0.05) is 6.07 Å². The van der Waals surface area contributed by atoms with E-state index in [9.17, 15) is 9.59 Å². The molecule has 0 fully saturated rings. The highest BCUT2D eigenvalue weighted by Gasteiger charge is 2.16. The zero-order chi connectivity index (χ0) is 15.5. The summed E-state index contributed by atoms with van der Waals surface area (Å²) in [7, 11) is 0. The van der Waals surface area contributed by atoms with Gasteiger partial charge < -0.3 is 14.3 Å². The number of nitrogens with one attached hydrogen (secondary N) is 1. The second kappa shape index (κ2) is 5.85. The van der Waals surface area contributed by atoms with Crippen LogP contribution >= 0.6 is 0 Å². The van der Waals surface area contributed by atoms with Crippen molar-refractivity contribution in [2.75, 3.05) is 6.54 Å². The fourth-order valence-corrected chi connectivity index (χ4v) is 2.35. The molecule has 0 radical (unpaired) electrons. The van der Waals surface area contributed by atoms with Gasteiger partial charge in [-0.25, -0.2) is 4.98 Å². The van der Waals surface area contributed by atoms with Crippen molar-refractivity contribution < 1.29 is 4.79 Å². The maximum Gasteiger partial charge on any atom is 0.255 e. The first-order valence-electron chi connectivity index (χ1n) is 7.08. The normalized spacial score (nSPS) is 10.8. The third-order valence-corrected chi connectivity index (χ3v) is 3.55. The van der Waals surface area contributed by atoms with Gasteiger partial charge in [-0.2, -0.15) is 0 Å². The molecule has 0 atom stereocenters. The minimum absolute atomic E-state index is 0.121. The van der Waals surface area contributed by atoms with E-state index in [0.29, 0.717) is 18.7 Å². The van der Waals surface area contributed by atoms with Crippen LogP contribution in [0.25, 0.3) is 5.65 Å². The van der Waals surface area contributed by atoms with Gasteiger partial charge in [-0.15, -0.1) is 0 Å². The highest BCUT2D eigenvalue weighted by Crippen LogP contribution is 2.11. The molecule has 0 spiro atoms. The topological polar surface area (TPSA) is 70.5 Å². The van der Waals surface area contributed by atoms with Crippen LogP contribution < -0.4 is 5.56 Å². The molecule has 6 heteroatoms. The number of H-pyrrole nitrogens is 1. The SMILES string of the molecule is CCN(Cc1cnc2ccccn12)C(=O)c1ccc(=O)[nH]c1. The van der Waals surface area contributed by atoms with Gasteiger partial charge >= 0.3 is 0 Å². The summed E-state index contributed by atoms with van der Waals surface area (Å²) in [6, 6.07) is 8.67. The number of imidazole rings is 1. The molecule has 0 aliphatic carbocycles. The third-order valence-electron chi connectivity index (χ3n) is 3.55. The minimum atomic E-state index is -0.221. The van der Waals surface area contributed by atoms with Crippen LogP contribution in [0.1, 0.15) is 23.0 Å². The highest BCUT2D eigenvalue weighted by molar-refractivity contribution is 5.93. The van der Waals surface area contributed by atoms with E-state index in [1.54, 1.807) is 17.2 Å². The number of hydrogen-bond acceptors (Lipinski definition) is 3. The Bertz CT molecular complexity index is 845. The van der Waals surface area contributed by atoms with Crippen molar-refractivity contribution in [2.24, 2.45) is 0 Å². The molecule has 0 bridgehead atoms. The van der Waals surface area contributed by atoms with E-state index in [4.69, 9.17) is 0 Å². The molecule has 112 valence electrons. The molecular weight excluding hydrogens is 280 g/mol. The van der Waals surface area contributed by atoms with Crippen molar-refractivity contribution in [1.82, 2.24) is 19.3 Å². The van der Waals surface area contributed by atoms with E-state index in [1.165, 1.54) is 12.3 Å². The van der Waals surface area contributed by atoms with Crippen molar-refractivity contribution in [3.05, 3.63) is 70.5 Å². The standard InChI is InChI=1S/C16H16N4O2/c1-2-19(16(22)12-6-7-15(21)18-9-12)11-13-10-17-14-5-3-4-8-20(13)14/h3-10H,2,11H2,1H3,(H,18,21). The number of aromatic amines is 1. The first kappa shape index (κ1) is 14.1. The smallest absolute Gasteiger partial charge is 0.255 e. The number of aromatic nitrogens is 3. The van der Waals surface area contributed by atoms with Crippen LogP contribution in [-0.4, -0.2) is 31.7 Å². The van der Waals surface area contributed by atoms with Crippen LogP contribution in [0.4, 0.5) is 0 Å². The molecule has 3 rings (SSSR count). The largest absolute Gasteiger partial charge is 0.333 e. The molecule has 1 amide bonds. The van der Waals surface area contributed by atoms with Gasteiger partial charge in [0.15, 0.2) is 0 Å². The molecule has 0 aliphatic rings. The summed E-state index contributed by atoms with van der Waals surface area (Å²) >= 11 is 0. The zero-order valence-corrected chi connectivity index (χ0v) is 12.2. The number of nitrogens with zero attached hydrogens (tertiary/aromatic N) is 3. The predicted molar refractivity (Wildman–Crippen MR) is 82.7 cm³/mol. The minimum Gasteiger partial charge on any atom is -0.333 e. The summed E-state index contributed by atoms with van der Waals surface area (Å²) in [5, 5.41) is 0. The van der Waals surface area contributed by atoms with Crippen molar-refractivity contribution in [2.45, 2.75) is 13.5 Å². The number of pyridine rings is 2. The van der Waals surface area contributed by atoms with E-state index in [-0.39, 0.29) is 11.5 Å². The Balaban J connectivity index is 1.86. The fourth-order valence-electron chi connectivity index (χ4n) is 2.35. The Morgan fingerprint density at radius 2 is 2.18 bits per heavy atom. The lowest BCUT2D eigenvalue weighted by atomic mass is 10.2. The highest BCUT2D eigenvalue weighted by atomic mass is 16.2.